The second kappa shape index (κ2) is 5.57. The Hall–Kier alpha value is -2.15. The molecule has 22 heavy (non-hydrogen) atoms. The molecule has 2 N–H and O–H groups in total. The number of carbonyl (C=O) groups excluding carboxylic acids is 1. The van der Waals surface area contributed by atoms with Crippen molar-refractivity contribution in [2.24, 2.45) is 5.92 Å². The van der Waals surface area contributed by atoms with E-state index in [0.29, 0.717) is 18.5 Å². The van der Waals surface area contributed by atoms with Crippen LogP contribution in [0, 0.1) is 11.7 Å². The summed E-state index contributed by atoms with van der Waals surface area (Å²) in [7, 11) is 0. The average Bonchev–Trinajstić information content (AvgIpc) is 2.83. The van der Waals surface area contributed by atoms with E-state index in [2.05, 4.69) is 0 Å². The third-order valence-electron chi connectivity index (χ3n) is 4.45. The van der Waals surface area contributed by atoms with E-state index in [1.165, 1.54) is 23.1 Å². The molecule has 118 valence electrons. The van der Waals surface area contributed by atoms with E-state index >= 15 is 0 Å². The fraction of sp³-hybridized carbons (Fsp3) is 0.467. The highest BCUT2D eigenvalue weighted by atomic mass is 19.1. The van der Waals surface area contributed by atoms with Crippen molar-refractivity contribution in [3.8, 4) is 0 Å². The van der Waals surface area contributed by atoms with Gasteiger partial charge in [0.25, 0.3) is 0 Å². The van der Waals surface area contributed by atoms with Gasteiger partial charge in [0.05, 0.1) is 18.1 Å². The van der Waals surface area contributed by atoms with Crippen molar-refractivity contribution in [3.05, 3.63) is 35.6 Å². The highest BCUT2D eigenvalue weighted by Crippen LogP contribution is 2.36. The van der Waals surface area contributed by atoms with Crippen LogP contribution < -0.4 is 0 Å². The maximum atomic E-state index is 13.3. The summed E-state index contributed by atoms with van der Waals surface area (Å²) in [6.45, 7) is 0.871. The van der Waals surface area contributed by atoms with Gasteiger partial charge < -0.3 is 20.0 Å². The molecule has 7 heteroatoms. The van der Waals surface area contributed by atoms with Gasteiger partial charge in [-0.25, -0.2) is 9.18 Å². The van der Waals surface area contributed by atoms with Gasteiger partial charge in [0, 0.05) is 19.6 Å². The molecule has 0 radical (unpaired) electrons. The van der Waals surface area contributed by atoms with E-state index in [1.54, 1.807) is 11.0 Å². The highest BCUT2D eigenvalue weighted by molar-refractivity contribution is 5.83. The van der Waals surface area contributed by atoms with Crippen LogP contribution in [0.3, 0.4) is 0 Å². The Bertz CT molecular complexity index is 609. The number of halogens is 1. The first-order valence-electron chi connectivity index (χ1n) is 7.19. The molecule has 0 saturated carbocycles. The van der Waals surface area contributed by atoms with Gasteiger partial charge in [-0.05, 0) is 24.1 Å². The second-order valence-corrected chi connectivity index (χ2v) is 5.76. The number of amides is 2. The van der Waals surface area contributed by atoms with Crippen molar-refractivity contribution in [3.63, 3.8) is 0 Å². The molecule has 0 aliphatic carbocycles. The summed E-state index contributed by atoms with van der Waals surface area (Å²) < 4.78 is 13.3. The number of rotatable bonds is 2. The third-order valence-corrected chi connectivity index (χ3v) is 4.45. The largest absolute Gasteiger partial charge is 0.465 e. The maximum Gasteiger partial charge on any atom is 0.407 e. The average molecular weight is 308 g/mol. The van der Waals surface area contributed by atoms with Crippen LogP contribution in [0.25, 0.3) is 0 Å². The normalized spacial score (nSPS) is 26.0. The first-order chi connectivity index (χ1) is 10.5. The number of hydrogen-bond donors (Lipinski definition) is 2. The van der Waals surface area contributed by atoms with Gasteiger partial charge in [0.2, 0.25) is 5.91 Å². The molecule has 1 aromatic carbocycles. The standard InChI is InChI=1S/C15H17FN2O4/c16-10-3-1-2-9(6-10)13(19)12-7-11-8-17(15(21)22)4-5-18(11)14(12)20/h1-3,6,11-13,19H,4-5,7-8H2,(H,21,22)/t11-,12-,13?/m0/s1. The van der Waals surface area contributed by atoms with Crippen LogP contribution in [0.5, 0.6) is 0 Å². The Balaban J connectivity index is 1.76. The second-order valence-electron chi connectivity index (χ2n) is 5.76. The first-order valence-corrected chi connectivity index (χ1v) is 7.19. The third kappa shape index (κ3) is 2.52. The Morgan fingerprint density at radius 1 is 1.36 bits per heavy atom. The molecule has 0 bridgehead atoms. The summed E-state index contributed by atoms with van der Waals surface area (Å²) in [5.41, 5.74) is 0.369. The molecule has 2 aliphatic heterocycles. The van der Waals surface area contributed by atoms with E-state index < -0.39 is 23.9 Å². The van der Waals surface area contributed by atoms with Gasteiger partial charge >= 0.3 is 6.09 Å². The van der Waals surface area contributed by atoms with Crippen molar-refractivity contribution < 1.29 is 24.2 Å². The summed E-state index contributed by atoms with van der Waals surface area (Å²) in [4.78, 5) is 26.4. The molecule has 2 amide bonds. The van der Waals surface area contributed by atoms with E-state index in [1.807, 2.05) is 0 Å². The maximum absolute atomic E-state index is 13.3. The molecule has 3 atom stereocenters. The Labute approximate surface area is 126 Å². The lowest BCUT2D eigenvalue weighted by Gasteiger charge is -2.35. The quantitative estimate of drug-likeness (QED) is 0.856. The summed E-state index contributed by atoms with van der Waals surface area (Å²) in [6, 6.07) is 5.36. The smallest absolute Gasteiger partial charge is 0.407 e. The zero-order chi connectivity index (χ0) is 15.9. The number of carboxylic acid groups (broad SMARTS) is 1. The minimum atomic E-state index is -1.08. The number of hydrogen-bond acceptors (Lipinski definition) is 3. The molecule has 1 aromatic rings. The van der Waals surface area contributed by atoms with E-state index in [4.69, 9.17) is 5.11 Å². The van der Waals surface area contributed by atoms with Crippen LogP contribution in [0.1, 0.15) is 18.1 Å². The van der Waals surface area contributed by atoms with Crippen LogP contribution in [0.4, 0.5) is 9.18 Å². The molecule has 6 nitrogen and oxygen atoms in total. The van der Waals surface area contributed by atoms with Gasteiger partial charge in [-0.1, -0.05) is 12.1 Å². The number of fused-ring (bicyclic) bond motifs is 1. The predicted octanol–water partition coefficient (Wildman–Crippen LogP) is 1.07. The number of aliphatic hydroxyl groups is 1. The van der Waals surface area contributed by atoms with Gasteiger partial charge in [-0.15, -0.1) is 0 Å². The van der Waals surface area contributed by atoms with Gasteiger partial charge in [-0.3, -0.25) is 4.79 Å². The van der Waals surface area contributed by atoms with Gasteiger partial charge in [-0.2, -0.15) is 0 Å². The lowest BCUT2D eigenvalue weighted by Crippen LogP contribution is -2.52. The van der Waals surface area contributed by atoms with Crippen LogP contribution in [0.2, 0.25) is 0 Å². The van der Waals surface area contributed by atoms with Crippen LogP contribution in [-0.2, 0) is 4.79 Å². The Kier molecular flexibility index (Phi) is 3.74. The summed E-state index contributed by atoms with van der Waals surface area (Å²) in [6.07, 6.45) is -1.70. The first kappa shape index (κ1) is 14.8. The molecule has 2 saturated heterocycles. The zero-order valence-electron chi connectivity index (χ0n) is 11.9. The molecular formula is C15H17FN2O4. The number of piperazine rings is 1. The highest BCUT2D eigenvalue weighted by Gasteiger charge is 2.46. The number of aliphatic hydroxyl groups excluding tert-OH is 1. The zero-order valence-corrected chi connectivity index (χ0v) is 11.9. The van der Waals surface area contributed by atoms with Gasteiger partial charge in [0.15, 0.2) is 0 Å². The fourth-order valence-electron chi connectivity index (χ4n) is 3.31. The van der Waals surface area contributed by atoms with Crippen molar-refractivity contribution in [2.75, 3.05) is 19.6 Å². The number of carbonyl (C=O) groups is 2. The Morgan fingerprint density at radius 3 is 2.82 bits per heavy atom. The molecule has 2 heterocycles. The van der Waals surface area contributed by atoms with Crippen LogP contribution >= 0.6 is 0 Å². The number of benzene rings is 1. The molecule has 0 spiro atoms. The van der Waals surface area contributed by atoms with Crippen molar-refractivity contribution in [1.82, 2.24) is 9.80 Å². The predicted molar refractivity (Wildman–Crippen MR) is 74.6 cm³/mol. The molecule has 2 aliphatic rings. The van der Waals surface area contributed by atoms with Crippen molar-refractivity contribution in [2.45, 2.75) is 18.6 Å². The van der Waals surface area contributed by atoms with Crippen molar-refractivity contribution in [1.29, 1.82) is 0 Å². The van der Waals surface area contributed by atoms with E-state index in [0.717, 1.165) is 0 Å². The van der Waals surface area contributed by atoms with Crippen LogP contribution in [0.15, 0.2) is 24.3 Å². The fourth-order valence-corrected chi connectivity index (χ4v) is 3.31. The molecule has 3 rings (SSSR count). The Morgan fingerprint density at radius 2 is 2.14 bits per heavy atom. The topological polar surface area (TPSA) is 81.1 Å². The van der Waals surface area contributed by atoms with Crippen molar-refractivity contribution >= 4 is 12.0 Å². The lowest BCUT2D eigenvalue weighted by atomic mass is 9.93. The SMILES string of the molecule is O=C(O)N1CCN2C(=O)[C@H](C(O)c3cccc(F)c3)C[C@H]2C1. The summed E-state index contributed by atoms with van der Waals surface area (Å²) in [5, 5.41) is 19.4. The minimum Gasteiger partial charge on any atom is -0.465 e. The molecular weight excluding hydrogens is 291 g/mol. The number of nitrogens with zero attached hydrogens (tertiary/aromatic N) is 2. The molecule has 0 aromatic heterocycles. The lowest BCUT2D eigenvalue weighted by molar-refractivity contribution is -0.136. The summed E-state index contributed by atoms with van der Waals surface area (Å²) in [5.74, 6) is -1.30. The van der Waals surface area contributed by atoms with Gasteiger partial charge in [0.1, 0.15) is 5.82 Å². The van der Waals surface area contributed by atoms with E-state index in [9.17, 15) is 19.1 Å². The monoisotopic (exact) mass is 308 g/mol. The van der Waals surface area contributed by atoms with Crippen LogP contribution in [-0.4, -0.2) is 57.7 Å². The minimum absolute atomic E-state index is 0.188. The van der Waals surface area contributed by atoms with E-state index in [-0.39, 0.29) is 25.0 Å². The summed E-state index contributed by atoms with van der Waals surface area (Å²) >= 11 is 0. The molecule has 1 unspecified atom stereocenters. The molecule has 2 fully saturated rings.